The number of guanidine groups is 1. The fourth-order valence-corrected chi connectivity index (χ4v) is 3.75. The molecule has 2 N–H and O–H groups in total. The van der Waals surface area contributed by atoms with Gasteiger partial charge in [0, 0.05) is 18.6 Å². The van der Waals surface area contributed by atoms with E-state index in [0.29, 0.717) is 6.54 Å². The van der Waals surface area contributed by atoms with Crippen LogP contribution in [0.5, 0.6) is 0 Å². The van der Waals surface area contributed by atoms with Gasteiger partial charge in [-0.3, -0.25) is 4.90 Å². The molecular weight excluding hydrogens is 362 g/mol. The van der Waals surface area contributed by atoms with Crippen LogP contribution >= 0.6 is 0 Å². The van der Waals surface area contributed by atoms with E-state index in [9.17, 15) is 0 Å². The standard InChI is InChI=1S/C22H35N7/c1-4-24-21(26-16-22(2,3)28-11-6-5-7-12-28)25-14-19-9-8-10-20(13-19)15-29-18-23-17-27-29/h8-10,13,17-18H,4-7,11-12,14-16H2,1-3H3,(H2,24,25,26). The van der Waals surface area contributed by atoms with Gasteiger partial charge >= 0.3 is 0 Å². The molecule has 0 amide bonds. The van der Waals surface area contributed by atoms with Gasteiger partial charge in [0.15, 0.2) is 5.96 Å². The molecule has 7 nitrogen and oxygen atoms in total. The lowest BCUT2D eigenvalue weighted by molar-refractivity contribution is 0.0982. The van der Waals surface area contributed by atoms with Gasteiger partial charge in [-0.15, -0.1) is 0 Å². The lowest BCUT2D eigenvalue weighted by Gasteiger charge is -2.41. The summed E-state index contributed by atoms with van der Waals surface area (Å²) in [5.74, 6) is 0.874. The third-order valence-electron chi connectivity index (χ3n) is 5.47. The van der Waals surface area contributed by atoms with Crippen molar-refractivity contribution in [1.82, 2.24) is 30.3 Å². The summed E-state index contributed by atoms with van der Waals surface area (Å²) >= 11 is 0. The summed E-state index contributed by atoms with van der Waals surface area (Å²) < 4.78 is 1.83. The molecule has 0 spiro atoms. The summed E-state index contributed by atoms with van der Waals surface area (Å²) in [5.41, 5.74) is 2.51. The summed E-state index contributed by atoms with van der Waals surface area (Å²) in [4.78, 5) is 11.4. The van der Waals surface area contributed by atoms with Crippen molar-refractivity contribution in [2.75, 3.05) is 26.2 Å². The van der Waals surface area contributed by atoms with Gasteiger partial charge in [-0.25, -0.2) is 14.7 Å². The number of hydrogen-bond acceptors (Lipinski definition) is 4. The molecule has 0 unspecified atom stereocenters. The molecule has 0 aliphatic carbocycles. The van der Waals surface area contributed by atoms with Gasteiger partial charge < -0.3 is 10.6 Å². The van der Waals surface area contributed by atoms with Gasteiger partial charge in [0.05, 0.1) is 13.1 Å². The van der Waals surface area contributed by atoms with Crippen LogP contribution in [0.1, 0.15) is 51.2 Å². The van der Waals surface area contributed by atoms with Crippen LogP contribution in [0, 0.1) is 0 Å². The van der Waals surface area contributed by atoms with Crippen LogP contribution in [0.3, 0.4) is 0 Å². The van der Waals surface area contributed by atoms with Gasteiger partial charge in [0.2, 0.25) is 0 Å². The number of hydrogen-bond donors (Lipinski definition) is 2. The molecule has 0 atom stereocenters. The van der Waals surface area contributed by atoms with Crippen LogP contribution in [0.2, 0.25) is 0 Å². The van der Waals surface area contributed by atoms with Gasteiger partial charge in [-0.1, -0.05) is 30.7 Å². The van der Waals surface area contributed by atoms with Crippen molar-refractivity contribution in [3.8, 4) is 0 Å². The molecule has 2 aromatic rings. The zero-order chi connectivity index (χ0) is 20.5. The number of aliphatic imine (C=N–C) groups is 1. The minimum atomic E-state index is 0.119. The molecule has 1 aliphatic heterocycles. The molecule has 29 heavy (non-hydrogen) atoms. The summed E-state index contributed by atoms with van der Waals surface area (Å²) in [6, 6.07) is 8.50. The Balaban J connectivity index is 1.58. The van der Waals surface area contributed by atoms with Crippen LogP contribution in [-0.4, -0.2) is 57.3 Å². The molecule has 0 bridgehead atoms. The highest BCUT2D eigenvalue weighted by Gasteiger charge is 2.27. The van der Waals surface area contributed by atoms with Crippen molar-refractivity contribution >= 4 is 5.96 Å². The van der Waals surface area contributed by atoms with Crippen molar-refractivity contribution in [3.05, 3.63) is 48.0 Å². The molecule has 1 aromatic heterocycles. The third kappa shape index (κ3) is 6.56. The number of rotatable bonds is 8. The largest absolute Gasteiger partial charge is 0.357 e. The summed E-state index contributed by atoms with van der Waals surface area (Å²) in [7, 11) is 0. The molecular formula is C22H35N7. The predicted octanol–water partition coefficient (Wildman–Crippen LogP) is 2.65. The zero-order valence-electron chi connectivity index (χ0n) is 18.1. The zero-order valence-corrected chi connectivity index (χ0v) is 18.1. The predicted molar refractivity (Wildman–Crippen MR) is 118 cm³/mol. The minimum Gasteiger partial charge on any atom is -0.357 e. The summed E-state index contributed by atoms with van der Waals surface area (Å²) in [5, 5.41) is 11.1. The molecule has 158 valence electrons. The average Bonchev–Trinajstić information content (AvgIpc) is 3.24. The Morgan fingerprint density at radius 3 is 2.66 bits per heavy atom. The van der Waals surface area contributed by atoms with Crippen LogP contribution in [0.15, 0.2) is 41.9 Å². The van der Waals surface area contributed by atoms with Crippen molar-refractivity contribution in [3.63, 3.8) is 0 Å². The van der Waals surface area contributed by atoms with Gasteiger partial charge in [-0.2, -0.15) is 5.10 Å². The maximum atomic E-state index is 4.81. The first-order valence-electron chi connectivity index (χ1n) is 10.7. The lowest BCUT2D eigenvalue weighted by Crippen LogP contribution is -2.54. The Kier molecular flexibility index (Phi) is 7.63. The number of nitrogens with zero attached hydrogens (tertiary/aromatic N) is 5. The van der Waals surface area contributed by atoms with Crippen molar-refractivity contribution in [2.24, 2.45) is 4.99 Å². The molecule has 2 heterocycles. The summed E-state index contributed by atoms with van der Waals surface area (Å²) in [6.45, 7) is 12.2. The van der Waals surface area contributed by atoms with E-state index in [0.717, 1.165) is 25.6 Å². The van der Waals surface area contributed by atoms with Crippen molar-refractivity contribution in [2.45, 2.75) is 58.7 Å². The first kappa shape index (κ1) is 21.3. The smallest absolute Gasteiger partial charge is 0.191 e. The van der Waals surface area contributed by atoms with Crippen LogP contribution < -0.4 is 10.6 Å². The Hall–Kier alpha value is -2.41. The van der Waals surface area contributed by atoms with Gasteiger partial charge in [-0.05, 0) is 57.8 Å². The van der Waals surface area contributed by atoms with Gasteiger partial charge in [0.1, 0.15) is 12.7 Å². The van der Waals surface area contributed by atoms with E-state index >= 15 is 0 Å². The molecule has 3 rings (SSSR count). The van der Waals surface area contributed by atoms with Crippen molar-refractivity contribution < 1.29 is 0 Å². The second kappa shape index (κ2) is 10.4. The lowest BCUT2D eigenvalue weighted by atomic mass is 9.98. The summed E-state index contributed by atoms with van der Waals surface area (Å²) in [6.07, 6.45) is 7.28. The Morgan fingerprint density at radius 2 is 1.93 bits per heavy atom. The van der Waals surface area contributed by atoms with E-state index < -0.39 is 0 Å². The van der Waals surface area contributed by atoms with E-state index in [2.05, 4.69) is 70.7 Å². The van der Waals surface area contributed by atoms with E-state index in [1.54, 1.807) is 12.7 Å². The molecule has 1 aliphatic rings. The fraction of sp³-hybridized carbons (Fsp3) is 0.591. The highest BCUT2D eigenvalue weighted by molar-refractivity contribution is 5.79. The maximum Gasteiger partial charge on any atom is 0.191 e. The maximum absolute atomic E-state index is 4.81. The van der Waals surface area contributed by atoms with E-state index in [1.807, 2.05) is 4.68 Å². The van der Waals surface area contributed by atoms with E-state index in [-0.39, 0.29) is 5.54 Å². The quantitative estimate of drug-likeness (QED) is 0.529. The Bertz CT molecular complexity index is 761. The molecule has 0 radical (unpaired) electrons. The van der Waals surface area contributed by atoms with Crippen LogP contribution in [0.4, 0.5) is 0 Å². The normalized spacial score (nSPS) is 16.0. The Labute approximate surface area is 174 Å². The highest BCUT2D eigenvalue weighted by Crippen LogP contribution is 2.19. The second-order valence-corrected chi connectivity index (χ2v) is 8.32. The van der Waals surface area contributed by atoms with Crippen LogP contribution in [0.25, 0.3) is 0 Å². The minimum absolute atomic E-state index is 0.119. The number of likely N-dealkylation sites (tertiary alicyclic amines) is 1. The first-order valence-corrected chi connectivity index (χ1v) is 10.7. The number of nitrogens with one attached hydrogen (secondary N) is 2. The first-order chi connectivity index (χ1) is 14.1. The number of aromatic nitrogens is 3. The average molecular weight is 398 g/mol. The van der Waals surface area contributed by atoms with Crippen LogP contribution in [-0.2, 0) is 13.1 Å². The fourth-order valence-electron chi connectivity index (χ4n) is 3.75. The SMILES string of the molecule is CCNC(=NCc1cccc(Cn2cncn2)c1)NCC(C)(C)N1CCCCC1. The van der Waals surface area contributed by atoms with E-state index in [1.165, 1.54) is 43.5 Å². The molecule has 0 saturated carbocycles. The monoisotopic (exact) mass is 397 g/mol. The molecule has 1 aromatic carbocycles. The van der Waals surface area contributed by atoms with Gasteiger partial charge in [0.25, 0.3) is 0 Å². The Morgan fingerprint density at radius 1 is 1.14 bits per heavy atom. The number of benzene rings is 1. The highest BCUT2D eigenvalue weighted by atomic mass is 15.3. The third-order valence-corrected chi connectivity index (χ3v) is 5.47. The molecule has 1 saturated heterocycles. The second-order valence-electron chi connectivity index (χ2n) is 8.32. The van der Waals surface area contributed by atoms with Crippen molar-refractivity contribution in [1.29, 1.82) is 0 Å². The number of piperidine rings is 1. The molecule has 1 fully saturated rings. The molecule has 7 heteroatoms. The van der Waals surface area contributed by atoms with E-state index in [4.69, 9.17) is 4.99 Å². The topological polar surface area (TPSA) is 70.4 Å².